The third-order valence-electron chi connectivity index (χ3n) is 3.79. The predicted molar refractivity (Wildman–Crippen MR) is 78.4 cm³/mol. The lowest BCUT2D eigenvalue weighted by atomic mass is 10.2. The Labute approximate surface area is 123 Å². The average molecular weight is 289 g/mol. The highest BCUT2D eigenvalue weighted by Crippen LogP contribution is 2.20. The summed E-state index contributed by atoms with van der Waals surface area (Å²) >= 11 is 0. The topological polar surface area (TPSA) is 60.7 Å². The van der Waals surface area contributed by atoms with Crippen LogP contribution in [0.15, 0.2) is 30.3 Å². The molecule has 1 aliphatic heterocycles. The summed E-state index contributed by atoms with van der Waals surface area (Å²) in [6, 6.07) is 9.37. The molecular formula is C16H19NO4. The van der Waals surface area contributed by atoms with Gasteiger partial charge in [-0.25, -0.2) is 4.79 Å². The van der Waals surface area contributed by atoms with Gasteiger partial charge >= 0.3 is 5.97 Å². The molecule has 0 bridgehead atoms. The van der Waals surface area contributed by atoms with Gasteiger partial charge in [0.1, 0.15) is 5.69 Å². The van der Waals surface area contributed by atoms with E-state index in [9.17, 15) is 9.90 Å². The monoisotopic (exact) mass is 289 g/mol. The number of aromatic nitrogens is 1. The Hall–Kier alpha value is -1.85. The Morgan fingerprint density at radius 3 is 3.00 bits per heavy atom. The molecule has 1 fully saturated rings. The quantitative estimate of drug-likeness (QED) is 0.919. The lowest BCUT2D eigenvalue weighted by Crippen LogP contribution is -2.24. The highest BCUT2D eigenvalue weighted by Gasteiger charge is 2.16. The molecule has 0 spiro atoms. The van der Waals surface area contributed by atoms with E-state index in [0.717, 1.165) is 36.8 Å². The molecule has 1 atom stereocenters. The number of carboxylic acid groups (broad SMARTS) is 1. The maximum atomic E-state index is 11.4. The molecule has 0 amide bonds. The fraction of sp³-hybridized carbons (Fsp3) is 0.438. The first-order chi connectivity index (χ1) is 10.3. The van der Waals surface area contributed by atoms with Crippen molar-refractivity contribution in [2.45, 2.75) is 32.1 Å². The molecule has 0 radical (unpaired) electrons. The average Bonchev–Trinajstić information content (AvgIpc) is 2.88. The number of ether oxygens (including phenoxy) is 2. The van der Waals surface area contributed by atoms with Gasteiger partial charge in [0.25, 0.3) is 0 Å². The molecular weight excluding hydrogens is 270 g/mol. The number of hydrogen-bond donors (Lipinski definition) is 1. The van der Waals surface area contributed by atoms with Gasteiger partial charge in [0.05, 0.1) is 6.61 Å². The van der Waals surface area contributed by atoms with E-state index in [1.54, 1.807) is 10.6 Å². The third-order valence-corrected chi connectivity index (χ3v) is 3.79. The van der Waals surface area contributed by atoms with Gasteiger partial charge in [-0.15, -0.1) is 0 Å². The molecule has 5 nitrogen and oxygen atoms in total. The van der Waals surface area contributed by atoms with Crippen LogP contribution in [-0.2, 0) is 16.0 Å². The van der Waals surface area contributed by atoms with Crippen molar-refractivity contribution < 1.29 is 19.4 Å². The van der Waals surface area contributed by atoms with Gasteiger partial charge in [-0.3, -0.25) is 0 Å². The summed E-state index contributed by atoms with van der Waals surface area (Å²) in [4.78, 5) is 11.4. The zero-order valence-corrected chi connectivity index (χ0v) is 11.8. The Morgan fingerprint density at radius 2 is 2.24 bits per heavy atom. The smallest absolute Gasteiger partial charge is 0.352 e. The van der Waals surface area contributed by atoms with Gasteiger partial charge in [-0.05, 0) is 31.4 Å². The molecule has 5 heteroatoms. The van der Waals surface area contributed by atoms with E-state index in [1.165, 1.54) is 0 Å². The minimum absolute atomic E-state index is 0.145. The van der Waals surface area contributed by atoms with E-state index < -0.39 is 5.97 Å². The number of carboxylic acids is 1. The number of rotatable bonds is 5. The van der Waals surface area contributed by atoms with Crippen LogP contribution >= 0.6 is 0 Å². The van der Waals surface area contributed by atoms with E-state index in [0.29, 0.717) is 18.8 Å². The van der Waals surface area contributed by atoms with Crippen molar-refractivity contribution in [3.8, 4) is 0 Å². The number of aromatic carboxylic acids is 1. The number of para-hydroxylation sites is 1. The first-order valence-corrected chi connectivity index (χ1v) is 7.30. The maximum Gasteiger partial charge on any atom is 0.352 e. The van der Waals surface area contributed by atoms with E-state index in [2.05, 4.69) is 0 Å². The Morgan fingerprint density at radius 1 is 1.38 bits per heavy atom. The summed E-state index contributed by atoms with van der Waals surface area (Å²) in [5, 5.41) is 10.3. The molecule has 3 rings (SSSR count). The molecule has 0 aliphatic carbocycles. The Kier molecular flexibility index (Phi) is 4.22. The molecule has 1 aromatic carbocycles. The normalized spacial score (nSPS) is 19.0. The van der Waals surface area contributed by atoms with Gasteiger partial charge in [-0.2, -0.15) is 0 Å². The van der Waals surface area contributed by atoms with Crippen LogP contribution in [0.5, 0.6) is 0 Å². The SMILES string of the molecule is O=C(O)c1cc2ccccc2n1CCOC1CCCCO1. The second-order valence-corrected chi connectivity index (χ2v) is 5.21. The van der Waals surface area contributed by atoms with Crippen LogP contribution in [0.3, 0.4) is 0 Å². The van der Waals surface area contributed by atoms with Crippen molar-refractivity contribution in [3.63, 3.8) is 0 Å². The lowest BCUT2D eigenvalue weighted by molar-refractivity contribution is -0.163. The van der Waals surface area contributed by atoms with Crippen LogP contribution in [0, 0.1) is 0 Å². The Balaban J connectivity index is 1.72. The van der Waals surface area contributed by atoms with Gasteiger partial charge in [0.15, 0.2) is 6.29 Å². The zero-order valence-electron chi connectivity index (χ0n) is 11.8. The standard InChI is InChI=1S/C16H19NO4/c18-16(19)14-11-12-5-1-2-6-13(12)17(14)8-10-21-15-7-3-4-9-20-15/h1-2,5-6,11,15H,3-4,7-10H2,(H,18,19). The minimum atomic E-state index is -0.917. The number of fused-ring (bicyclic) bond motifs is 1. The second-order valence-electron chi connectivity index (χ2n) is 5.21. The molecule has 1 aliphatic rings. The van der Waals surface area contributed by atoms with Gasteiger partial charge in [0.2, 0.25) is 0 Å². The van der Waals surface area contributed by atoms with Gasteiger partial charge in [0, 0.05) is 24.1 Å². The van der Waals surface area contributed by atoms with Crippen molar-refractivity contribution in [2.75, 3.05) is 13.2 Å². The molecule has 1 saturated heterocycles. The molecule has 21 heavy (non-hydrogen) atoms. The highest BCUT2D eigenvalue weighted by molar-refractivity contribution is 5.94. The van der Waals surface area contributed by atoms with Crippen LogP contribution in [0.1, 0.15) is 29.8 Å². The van der Waals surface area contributed by atoms with Crippen molar-refractivity contribution >= 4 is 16.9 Å². The fourth-order valence-electron chi connectivity index (χ4n) is 2.75. The summed E-state index contributed by atoms with van der Waals surface area (Å²) in [5.41, 5.74) is 1.22. The number of hydrogen-bond acceptors (Lipinski definition) is 3. The van der Waals surface area contributed by atoms with E-state index in [1.807, 2.05) is 24.3 Å². The number of carbonyl (C=O) groups is 1. The number of benzene rings is 1. The van der Waals surface area contributed by atoms with Crippen LogP contribution in [0.2, 0.25) is 0 Å². The van der Waals surface area contributed by atoms with Crippen LogP contribution < -0.4 is 0 Å². The predicted octanol–water partition coefficient (Wildman–Crippen LogP) is 2.88. The zero-order chi connectivity index (χ0) is 14.7. The number of nitrogens with zero attached hydrogens (tertiary/aromatic N) is 1. The second kappa shape index (κ2) is 6.28. The van der Waals surface area contributed by atoms with E-state index in [-0.39, 0.29) is 6.29 Å². The van der Waals surface area contributed by atoms with Crippen LogP contribution in [-0.4, -0.2) is 35.1 Å². The highest BCUT2D eigenvalue weighted by atomic mass is 16.7. The van der Waals surface area contributed by atoms with Crippen molar-refractivity contribution in [1.29, 1.82) is 0 Å². The van der Waals surface area contributed by atoms with Crippen molar-refractivity contribution in [2.24, 2.45) is 0 Å². The molecule has 2 heterocycles. The fourth-order valence-corrected chi connectivity index (χ4v) is 2.75. The third kappa shape index (κ3) is 3.09. The van der Waals surface area contributed by atoms with Crippen molar-refractivity contribution in [1.82, 2.24) is 4.57 Å². The van der Waals surface area contributed by atoms with Crippen LogP contribution in [0.25, 0.3) is 10.9 Å². The minimum Gasteiger partial charge on any atom is -0.477 e. The first-order valence-electron chi connectivity index (χ1n) is 7.30. The molecule has 1 unspecified atom stereocenters. The first kappa shape index (κ1) is 14.1. The summed E-state index contributed by atoms with van der Waals surface area (Å²) in [6.07, 6.45) is 2.98. The van der Waals surface area contributed by atoms with Gasteiger partial charge in [-0.1, -0.05) is 18.2 Å². The molecule has 1 N–H and O–H groups in total. The molecule has 112 valence electrons. The molecule has 2 aromatic rings. The summed E-state index contributed by atoms with van der Waals surface area (Å²) in [6.45, 7) is 1.70. The summed E-state index contributed by atoms with van der Waals surface area (Å²) in [5.74, 6) is -0.917. The van der Waals surface area contributed by atoms with Gasteiger partial charge < -0.3 is 19.1 Å². The lowest BCUT2D eigenvalue weighted by Gasteiger charge is -2.23. The summed E-state index contributed by atoms with van der Waals surface area (Å²) in [7, 11) is 0. The maximum absolute atomic E-state index is 11.4. The van der Waals surface area contributed by atoms with Crippen LogP contribution in [0.4, 0.5) is 0 Å². The summed E-state index contributed by atoms with van der Waals surface area (Å²) < 4.78 is 13.0. The Bertz CT molecular complexity index is 628. The largest absolute Gasteiger partial charge is 0.477 e. The molecule has 0 saturated carbocycles. The molecule has 1 aromatic heterocycles. The van der Waals surface area contributed by atoms with Crippen molar-refractivity contribution in [3.05, 3.63) is 36.0 Å². The van der Waals surface area contributed by atoms with E-state index in [4.69, 9.17) is 9.47 Å². The van der Waals surface area contributed by atoms with E-state index >= 15 is 0 Å².